The van der Waals surface area contributed by atoms with Gasteiger partial charge in [-0.1, -0.05) is 0 Å². The van der Waals surface area contributed by atoms with E-state index in [1.54, 1.807) is 0 Å². The molecule has 0 atom stereocenters. The maximum Gasteiger partial charge on any atom is 0 e. The molecule has 0 unspecified atom stereocenters. The van der Waals surface area contributed by atoms with Gasteiger partial charge in [-0.25, -0.2) is 0 Å². The zero-order chi connectivity index (χ0) is 6.15. The summed E-state index contributed by atoms with van der Waals surface area (Å²) in [6.07, 6.45) is 0.0333. The van der Waals surface area contributed by atoms with Gasteiger partial charge in [0, 0.05) is 8.41 Å². The van der Waals surface area contributed by atoms with Crippen LogP contribution < -0.4 is 0 Å². The number of hydrogen-bond donors (Lipinski definition) is 3. The minimum atomic E-state index is -4.08. The summed E-state index contributed by atoms with van der Waals surface area (Å²) in [6.45, 7) is 2.59. The van der Waals surface area contributed by atoms with Crippen molar-refractivity contribution in [2.45, 2.75) is 6.92 Å². The summed E-state index contributed by atoms with van der Waals surface area (Å²) < 4.78 is 0. The quantitative estimate of drug-likeness (QED) is 0.338. The van der Waals surface area contributed by atoms with E-state index in [-0.39, 0.29) is 14.6 Å². The van der Waals surface area contributed by atoms with Crippen LogP contribution in [0.3, 0.4) is 0 Å². The fourth-order valence-corrected chi connectivity index (χ4v) is 0. The Morgan fingerprint density at radius 3 is 1.38 bits per heavy atom. The van der Waals surface area contributed by atoms with Crippen LogP contribution in [-0.2, 0) is 0 Å². The second-order valence-corrected chi connectivity index (χ2v) is 5.78. The number of hydrogen-bond acceptors (Lipinski definition) is 3. The van der Waals surface area contributed by atoms with Gasteiger partial charge in [-0.05, 0) is 0 Å². The second-order valence-electron chi connectivity index (χ2n) is 1.93. The van der Waals surface area contributed by atoms with Gasteiger partial charge in [-0.15, -0.1) is 0 Å². The predicted molar refractivity (Wildman–Crippen MR) is 35.8 cm³/mol. The van der Waals surface area contributed by atoms with E-state index in [1.165, 1.54) is 6.92 Å². The molecule has 0 saturated heterocycles. The predicted octanol–water partition coefficient (Wildman–Crippen LogP) is -0.470. The molecular formula is C3H11BO3P. The van der Waals surface area contributed by atoms with Crippen LogP contribution in [0.5, 0.6) is 0 Å². The maximum atomic E-state index is 8.53. The zero-order valence-electron chi connectivity index (χ0n) is 5.07. The van der Waals surface area contributed by atoms with Gasteiger partial charge in [0.15, 0.2) is 0 Å². The van der Waals surface area contributed by atoms with Crippen molar-refractivity contribution >= 4 is 15.7 Å². The maximum absolute atomic E-state index is 8.53. The molecule has 0 aromatic rings. The molecule has 0 spiro atoms. The van der Waals surface area contributed by atoms with E-state index in [0.717, 1.165) is 6.66 Å². The fraction of sp³-hybridized carbons (Fsp3) is 1.00. The van der Waals surface area contributed by atoms with Crippen molar-refractivity contribution in [2.24, 2.45) is 0 Å². The molecule has 0 aliphatic carbocycles. The average molecular weight is 137 g/mol. The molecule has 8 heavy (non-hydrogen) atoms. The molecule has 0 aliphatic heterocycles. The molecule has 5 heteroatoms. The van der Waals surface area contributed by atoms with Crippen molar-refractivity contribution in [1.29, 1.82) is 0 Å². The van der Waals surface area contributed by atoms with Crippen molar-refractivity contribution < 1.29 is 14.7 Å². The molecule has 3 radical (unpaired) electrons. The minimum Gasteiger partial charge on any atom is 0 e. The second kappa shape index (κ2) is 2.32. The Balaban J connectivity index is 0. The molecule has 0 amide bonds. The van der Waals surface area contributed by atoms with Crippen LogP contribution in [0, 0.1) is 0 Å². The van der Waals surface area contributed by atoms with Gasteiger partial charge in [-0.2, -0.15) is 0 Å². The third-order valence-electron chi connectivity index (χ3n) is 0.740. The first-order chi connectivity index (χ1) is 2.81. The largest absolute Gasteiger partial charge is 0 e. The van der Waals surface area contributed by atoms with E-state index in [2.05, 4.69) is 0 Å². The van der Waals surface area contributed by atoms with Gasteiger partial charge in [0.2, 0.25) is 0 Å². The summed E-state index contributed by atoms with van der Waals surface area (Å²) in [5.74, 6) is 0. The molecule has 3 N–H and O–H groups in total. The third-order valence-corrected chi connectivity index (χ3v) is 2.22. The van der Waals surface area contributed by atoms with E-state index < -0.39 is 7.28 Å². The molecule has 0 saturated carbocycles. The minimum absolute atomic E-state index is 0. The molecule has 0 aromatic carbocycles. The molecule has 0 fully saturated rings. The first-order valence-corrected chi connectivity index (χ1v) is 4.80. The van der Waals surface area contributed by atoms with Crippen LogP contribution >= 0.6 is 7.28 Å². The molecule has 0 aromatic heterocycles. The van der Waals surface area contributed by atoms with E-state index in [0.29, 0.717) is 0 Å². The third kappa shape index (κ3) is 9.62. The summed E-state index contributed by atoms with van der Waals surface area (Å²) >= 11 is 0. The van der Waals surface area contributed by atoms with Crippen LogP contribution in [0.4, 0.5) is 0 Å². The Labute approximate surface area is 51.1 Å². The standard InChI is InChI=1S/C3H11O3P.B/c1-3-7(2,4,5)6;/h4-6H,3H2,1-2H3;. The van der Waals surface area contributed by atoms with Crippen LogP contribution in [0.25, 0.3) is 0 Å². The van der Waals surface area contributed by atoms with Gasteiger partial charge >= 0.3 is 41.7 Å². The molecule has 0 bridgehead atoms. The Morgan fingerprint density at radius 1 is 1.25 bits per heavy atom. The summed E-state index contributed by atoms with van der Waals surface area (Å²) in [4.78, 5) is 25.6. The molecule has 49 valence electrons. The van der Waals surface area contributed by atoms with Crippen LogP contribution in [-0.4, -0.2) is 35.9 Å². The molecule has 0 heterocycles. The molecule has 0 aliphatic rings. The Morgan fingerprint density at radius 2 is 1.38 bits per heavy atom. The van der Waals surface area contributed by atoms with Gasteiger partial charge in [0.25, 0.3) is 0 Å². The summed E-state index contributed by atoms with van der Waals surface area (Å²) in [6, 6.07) is 0. The zero-order valence-corrected chi connectivity index (χ0v) is 5.97. The molecular weight excluding hydrogens is 126 g/mol. The van der Waals surface area contributed by atoms with Crippen molar-refractivity contribution in [3.63, 3.8) is 0 Å². The normalized spacial score (nSPS) is 15.9. The average Bonchev–Trinajstić information content (AvgIpc) is 1.32. The van der Waals surface area contributed by atoms with Crippen LogP contribution in [0.2, 0.25) is 0 Å². The first-order valence-electron chi connectivity index (χ1n) is 2.07. The molecule has 3 nitrogen and oxygen atoms in total. The monoisotopic (exact) mass is 137 g/mol. The number of rotatable bonds is 1. The van der Waals surface area contributed by atoms with Crippen LogP contribution in [0.1, 0.15) is 6.92 Å². The topological polar surface area (TPSA) is 60.7 Å². The van der Waals surface area contributed by atoms with Gasteiger partial charge in [0.05, 0.1) is 0 Å². The fourth-order valence-electron chi connectivity index (χ4n) is 0. The first kappa shape index (κ1) is 11.2. The Bertz CT molecular complexity index is 67.1. The van der Waals surface area contributed by atoms with Gasteiger partial charge < -0.3 is 0 Å². The SMILES string of the molecule is CCP(C)(O)(O)O.[B]. The van der Waals surface area contributed by atoms with Crippen molar-refractivity contribution in [3.8, 4) is 0 Å². The van der Waals surface area contributed by atoms with Gasteiger partial charge in [0.1, 0.15) is 0 Å². The van der Waals surface area contributed by atoms with E-state index in [1.807, 2.05) is 0 Å². The summed E-state index contributed by atoms with van der Waals surface area (Å²) in [5.41, 5.74) is 0. The van der Waals surface area contributed by atoms with Crippen molar-refractivity contribution in [2.75, 3.05) is 12.8 Å². The van der Waals surface area contributed by atoms with Crippen molar-refractivity contribution in [1.82, 2.24) is 0 Å². The smallest absolute Gasteiger partial charge is 0 e. The van der Waals surface area contributed by atoms with E-state index in [4.69, 9.17) is 14.7 Å². The Hall–Kier alpha value is 0.375. The van der Waals surface area contributed by atoms with Crippen LogP contribution in [0.15, 0.2) is 0 Å². The summed E-state index contributed by atoms with van der Waals surface area (Å²) in [5, 5.41) is 0. The Kier molecular flexibility index (Phi) is 3.25. The summed E-state index contributed by atoms with van der Waals surface area (Å²) in [7, 11) is -4.08. The van der Waals surface area contributed by atoms with Gasteiger partial charge in [-0.3, -0.25) is 0 Å². The van der Waals surface area contributed by atoms with E-state index in [9.17, 15) is 0 Å². The van der Waals surface area contributed by atoms with Crippen molar-refractivity contribution in [3.05, 3.63) is 0 Å². The van der Waals surface area contributed by atoms with E-state index >= 15 is 0 Å². The molecule has 0 rings (SSSR count).